The van der Waals surface area contributed by atoms with Gasteiger partial charge >= 0.3 is 0 Å². The Balaban J connectivity index is 1.83. The average Bonchev–Trinajstić information content (AvgIpc) is 3.03. The summed E-state index contributed by atoms with van der Waals surface area (Å²) < 4.78 is 16.3. The molecule has 2 heterocycles. The fourth-order valence-corrected chi connectivity index (χ4v) is 3.20. The smallest absolute Gasteiger partial charge is 0.231 e. The number of aromatic hydroxyl groups is 2. The van der Waals surface area contributed by atoms with Crippen LogP contribution < -0.4 is 19.5 Å². The van der Waals surface area contributed by atoms with E-state index < -0.39 is 0 Å². The van der Waals surface area contributed by atoms with Gasteiger partial charge in [-0.05, 0) is 47.4 Å². The second-order valence-electron chi connectivity index (χ2n) is 5.63. The summed E-state index contributed by atoms with van der Waals surface area (Å²) in [4.78, 5) is 0. The summed E-state index contributed by atoms with van der Waals surface area (Å²) >= 11 is 0. The zero-order valence-corrected chi connectivity index (χ0v) is 12.6. The lowest BCUT2D eigenvalue weighted by molar-refractivity contribution is 0.171. The molecule has 23 heavy (non-hydrogen) atoms. The van der Waals surface area contributed by atoms with Crippen LogP contribution in [0.2, 0.25) is 0 Å². The molecule has 4 rings (SSSR count). The number of benzene rings is 2. The van der Waals surface area contributed by atoms with Gasteiger partial charge in [0, 0.05) is 6.54 Å². The van der Waals surface area contributed by atoms with E-state index in [2.05, 4.69) is 5.32 Å². The lowest BCUT2D eigenvalue weighted by atomic mass is 9.89. The fourth-order valence-electron chi connectivity index (χ4n) is 3.20. The molecule has 0 saturated carbocycles. The molecule has 120 valence electrons. The summed E-state index contributed by atoms with van der Waals surface area (Å²) in [5.41, 5.74) is 2.91. The topological polar surface area (TPSA) is 80.2 Å². The van der Waals surface area contributed by atoms with Crippen LogP contribution in [0.5, 0.6) is 28.7 Å². The molecule has 0 aromatic heterocycles. The minimum atomic E-state index is -0.120. The Kier molecular flexibility index (Phi) is 3.20. The van der Waals surface area contributed by atoms with Crippen molar-refractivity contribution < 1.29 is 24.4 Å². The van der Waals surface area contributed by atoms with Gasteiger partial charge in [-0.3, -0.25) is 0 Å². The molecular formula is C17H17NO5. The minimum absolute atomic E-state index is 0.0901. The van der Waals surface area contributed by atoms with Crippen LogP contribution in [-0.2, 0) is 6.42 Å². The monoisotopic (exact) mass is 315 g/mol. The summed E-state index contributed by atoms with van der Waals surface area (Å²) in [6.07, 6.45) is 0.793. The first kappa shape index (κ1) is 14.0. The van der Waals surface area contributed by atoms with Crippen LogP contribution in [0.4, 0.5) is 0 Å². The molecule has 0 fully saturated rings. The quantitative estimate of drug-likeness (QED) is 0.736. The number of phenols is 2. The number of methoxy groups -OCH3 is 1. The molecule has 0 amide bonds. The van der Waals surface area contributed by atoms with Crippen molar-refractivity contribution in [2.75, 3.05) is 20.4 Å². The Morgan fingerprint density at radius 2 is 1.96 bits per heavy atom. The number of rotatable bonds is 2. The molecule has 2 aliphatic heterocycles. The third-order valence-electron chi connectivity index (χ3n) is 4.30. The normalized spacial score (nSPS) is 18.6. The number of nitrogens with one attached hydrogen (secondary N) is 1. The molecule has 0 bridgehead atoms. The van der Waals surface area contributed by atoms with Gasteiger partial charge < -0.3 is 29.7 Å². The highest BCUT2D eigenvalue weighted by Crippen LogP contribution is 2.45. The minimum Gasteiger partial charge on any atom is -0.504 e. The first-order valence-electron chi connectivity index (χ1n) is 7.43. The van der Waals surface area contributed by atoms with E-state index in [1.54, 1.807) is 19.2 Å². The van der Waals surface area contributed by atoms with E-state index >= 15 is 0 Å². The third-order valence-corrected chi connectivity index (χ3v) is 4.30. The van der Waals surface area contributed by atoms with Gasteiger partial charge in [-0.25, -0.2) is 0 Å². The number of phenolic OH excluding ortho intramolecular Hbond substituents is 2. The maximum absolute atomic E-state index is 9.85. The summed E-state index contributed by atoms with van der Waals surface area (Å²) in [7, 11) is 1.59. The molecule has 1 atom stereocenters. The van der Waals surface area contributed by atoms with E-state index in [-0.39, 0.29) is 24.3 Å². The van der Waals surface area contributed by atoms with E-state index in [0.29, 0.717) is 17.2 Å². The van der Waals surface area contributed by atoms with Crippen LogP contribution in [0.3, 0.4) is 0 Å². The van der Waals surface area contributed by atoms with Gasteiger partial charge in [0.2, 0.25) is 12.5 Å². The Bertz CT molecular complexity index is 774. The Labute approximate surface area is 133 Å². The highest BCUT2D eigenvalue weighted by atomic mass is 16.7. The standard InChI is InChI=1S/C17H17NO5/c1-21-14-5-10(6-15-17(14)23-8-22-15)16-11-7-13(20)12(19)4-9(11)2-3-18-16/h4-7,16,18-20H,2-3,8H2,1H3. The van der Waals surface area contributed by atoms with Crippen LogP contribution in [0.25, 0.3) is 0 Å². The SMILES string of the molecule is COc1cc(C2NCCc3cc(O)c(O)cc32)cc2c1OCO2. The van der Waals surface area contributed by atoms with Gasteiger partial charge in [0.25, 0.3) is 0 Å². The first-order chi connectivity index (χ1) is 11.2. The summed E-state index contributed by atoms with van der Waals surface area (Å²) in [6.45, 7) is 0.955. The van der Waals surface area contributed by atoms with Crippen molar-refractivity contribution in [2.24, 2.45) is 0 Å². The molecule has 2 aromatic carbocycles. The van der Waals surface area contributed by atoms with Crippen LogP contribution in [0, 0.1) is 0 Å². The van der Waals surface area contributed by atoms with Crippen LogP contribution in [0.15, 0.2) is 24.3 Å². The van der Waals surface area contributed by atoms with E-state index in [1.165, 1.54) is 0 Å². The van der Waals surface area contributed by atoms with Gasteiger partial charge in [-0.2, -0.15) is 0 Å². The molecular weight excluding hydrogens is 298 g/mol. The van der Waals surface area contributed by atoms with E-state index in [4.69, 9.17) is 14.2 Å². The van der Waals surface area contributed by atoms with Crippen molar-refractivity contribution >= 4 is 0 Å². The van der Waals surface area contributed by atoms with E-state index in [1.807, 2.05) is 12.1 Å². The molecule has 2 aliphatic rings. The van der Waals surface area contributed by atoms with Gasteiger partial charge in [0.1, 0.15) is 0 Å². The largest absolute Gasteiger partial charge is 0.504 e. The van der Waals surface area contributed by atoms with Gasteiger partial charge in [-0.15, -0.1) is 0 Å². The maximum atomic E-state index is 9.85. The fraction of sp³-hybridized carbons (Fsp3) is 0.294. The lowest BCUT2D eigenvalue weighted by Crippen LogP contribution is -2.30. The number of hydrogen-bond donors (Lipinski definition) is 3. The number of fused-ring (bicyclic) bond motifs is 2. The second kappa shape index (κ2) is 5.24. The first-order valence-corrected chi connectivity index (χ1v) is 7.43. The van der Waals surface area contributed by atoms with E-state index in [0.717, 1.165) is 29.7 Å². The average molecular weight is 315 g/mol. The number of ether oxygens (including phenoxy) is 3. The Hall–Kier alpha value is -2.60. The van der Waals surface area contributed by atoms with Crippen molar-refractivity contribution in [3.05, 3.63) is 41.0 Å². The molecule has 0 radical (unpaired) electrons. The zero-order valence-electron chi connectivity index (χ0n) is 12.6. The summed E-state index contributed by atoms with van der Waals surface area (Å²) in [5.74, 6) is 1.67. The predicted octanol–water partition coefficient (Wildman–Crippen LogP) is 2.07. The number of hydrogen-bond acceptors (Lipinski definition) is 6. The Morgan fingerprint density at radius 1 is 1.13 bits per heavy atom. The Morgan fingerprint density at radius 3 is 2.78 bits per heavy atom. The van der Waals surface area contributed by atoms with Crippen LogP contribution >= 0.6 is 0 Å². The molecule has 1 unspecified atom stereocenters. The maximum Gasteiger partial charge on any atom is 0.231 e. The summed E-state index contributed by atoms with van der Waals surface area (Å²) in [5, 5.41) is 23.0. The lowest BCUT2D eigenvalue weighted by Gasteiger charge is -2.28. The van der Waals surface area contributed by atoms with Gasteiger partial charge in [0.05, 0.1) is 13.2 Å². The van der Waals surface area contributed by atoms with Gasteiger partial charge in [0.15, 0.2) is 23.0 Å². The van der Waals surface area contributed by atoms with Crippen molar-refractivity contribution in [3.8, 4) is 28.7 Å². The molecule has 6 nitrogen and oxygen atoms in total. The van der Waals surface area contributed by atoms with Crippen molar-refractivity contribution in [1.82, 2.24) is 5.32 Å². The van der Waals surface area contributed by atoms with Crippen molar-refractivity contribution in [3.63, 3.8) is 0 Å². The molecule has 2 aromatic rings. The highest BCUT2D eigenvalue weighted by molar-refractivity contribution is 5.58. The summed E-state index contributed by atoms with van der Waals surface area (Å²) in [6, 6.07) is 6.95. The molecule has 3 N–H and O–H groups in total. The zero-order chi connectivity index (χ0) is 16.0. The van der Waals surface area contributed by atoms with Gasteiger partial charge in [-0.1, -0.05) is 0 Å². The van der Waals surface area contributed by atoms with Crippen molar-refractivity contribution in [1.29, 1.82) is 0 Å². The third kappa shape index (κ3) is 2.22. The molecule has 0 aliphatic carbocycles. The molecule has 0 spiro atoms. The second-order valence-corrected chi connectivity index (χ2v) is 5.63. The molecule has 6 heteroatoms. The van der Waals surface area contributed by atoms with Crippen molar-refractivity contribution in [2.45, 2.75) is 12.5 Å². The van der Waals surface area contributed by atoms with Crippen LogP contribution in [0.1, 0.15) is 22.7 Å². The predicted molar refractivity (Wildman–Crippen MR) is 82.4 cm³/mol. The highest BCUT2D eigenvalue weighted by Gasteiger charge is 2.27. The molecule has 0 saturated heterocycles. The van der Waals surface area contributed by atoms with Crippen LogP contribution in [-0.4, -0.2) is 30.7 Å². The van der Waals surface area contributed by atoms with E-state index in [9.17, 15) is 10.2 Å².